The minimum atomic E-state index is -0.0785. The number of rotatable bonds is 5. The van der Waals surface area contributed by atoms with Crippen LogP contribution in [0.1, 0.15) is 78.8 Å². The van der Waals surface area contributed by atoms with E-state index in [1.807, 2.05) is 24.9 Å². The summed E-state index contributed by atoms with van der Waals surface area (Å²) in [7, 11) is 1.87. The van der Waals surface area contributed by atoms with Crippen molar-refractivity contribution < 1.29 is 14.1 Å². The van der Waals surface area contributed by atoms with Crippen molar-refractivity contribution in [2.45, 2.75) is 63.2 Å². The molecular weight excluding hydrogens is 382 g/mol. The molecule has 2 aromatic rings. The maximum atomic E-state index is 12.9. The molecule has 1 saturated carbocycles. The van der Waals surface area contributed by atoms with Crippen molar-refractivity contribution in [3.63, 3.8) is 0 Å². The van der Waals surface area contributed by atoms with E-state index in [-0.39, 0.29) is 11.3 Å². The summed E-state index contributed by atoms with van der Waals surface area (Å²) in [5.41, 5.74) is 1.45. The fourth-order valence-electron chi connectivity index (χ4n) is 4.92. The average molecular weight is 414 g/mol. The van der Waals surface area contributed by atoms with Gasteiger partial charge in [-0.15, -0.1) is 0 Å². The van der Waals surface area contributed by atoms with E-state index in [9.17, 15) is 4.79 Å². The molecule has 1 aliphatic carbocycles. The Morgan fingerprint density at radius 1 is 1.20 bits per heavy atom. The predicted molar refractivity (Wildman–Crippen MR) is 109 cm³/mol. The van der Waals surface area contributed by atoms with Gasteiger partial charge < -0.3 is 14.2 Å². The highest BCUT2D eigenvalue weighted by atomic mass is 16.5. The minimum absolute atomic E-state index is 0.0229. The number of nitrogens with zero attached hydrogens (tertiary/aromatic N) is 5. The minimum Gasteiger partial charge on any atom is -0.381 e. The second-order valence-electron chi connectivity index (χ2n) is 9.36. The molecule has 3 fully saturated rings. The van der Waals surface area contributed by atoms with Crippen LogP contribution in [0.5, 0.6) is 0 Å². The molecule has 0 radical (unpaired) electrons. The summed E-state index contributed by atoms with van der Waals surface area (Å²) in [6.45, 7) is 4.91. The van der Waals surface area contributed by atoms with E-state index < -0.39 is 0 Å². The lowest BCUT2D eigenvalue weighted by Crippen LogP contribution is -2.46. The van der Waals surface area contributed by atoms with Gasteiger partial charge in [0.1, 0.15) is 0 Å². The number of piperidine rings is 1. The number of amides is 1. The quantitative estimate of drug-likeness (QED) is 0.749. The molecule has 2 aromatic heterocycles. The number of carbonyl (C=O) groups is 1. The molecule has 0 spiro atoms. The summed E-state index contributed by atoms with van der Waals surface area (Å²) < 4.78 is 13.0. The standard InChI is InChI=1S/C22H31N5O3/c1-15-13-18(24-26(15)2)20(28)27-9-7-22(8-10-27,14-16-3-4-16)21-23-19(30-25-21)17-5-11-29-12-6-17/h13,16-17H,3-12,14H2,1-2H3. The van der Waals surface area contributed by atoms with Crippen molar-refractivity contribution in [2.75, 3.05) is 26.3 Å². The van der Waals surface area contributed by atoms with Gasteiger partial charge in [-0.1, -0.05) is 18.0 Å². The van der Waals surface area contributed by atoms with E-state index in [1.165, 1.54) is 12.8 Å². The van der Waals surface area contributed by atoms with Crippen molar-refractivity contribution in [3.05, 3.63) is 29.2 Å². The van der Waals surface area contributed by atoms with Crippen LogP contribution in [0.15, 0.2) is 10.6 Å². The number of carbonyl (C=O) groups excluding carboxylic acids is 1. The lowest BCUT2D eigenvalue weighted by Gasteiger charge is -2.40. The lowest BCUT2D eigenvalue weighted by molar-refractivity contribution is 0.0638. The van der Waals surface area contributed by atoms with Gasteiger partial charge in [0.05, 0.1) is 0 Å². The third kappa shape index (κ3) is 3.77. The Morgan fingerprint density at radius 2 is 1.93 bits per heavy atom. The normalized spacial score (nSPS) is 22.4. The smallest absolute Gasteiger partial charge is 0.274 e. The zero-order chi connectivity index (χ0) is 20.7. The molecule has 8 heteroatoms. The van der Waals surface area contributed by atoms with Crippen molar-refractivity contribution in [1.82, 2.24) is 24.8 Å². The number of likely N-dealkylation sites (tertiary alicyclic amines) is 1. The van der Waals surface area contributed by atoms with Crippen molar-refractivity contribution in [3.8, 4) is 0 Å². The zero-order valence-electron chi connectivity index (χ0n) is 18.0. The van der Waals surface area contributed by atoms with Gasteiger partial charge in [-0.3, -0.25) is 9.48 Å². The van der Waals surface area contributed by atoms with Crippen LogP contribution in [0.4, 0.5) is 0 Å². The molecule has 1 amide bonds. The Labute approximate surface area is 177 Å². The first-order valence-corrected chi connectivity index (χ1v) is 11.3. The first-order valence-electron chi connectivity index (χ1n) is 11.3. The Hall–Kier alpha value is -2.22. The molecule has 162 valence electrons. The number of aromatic nitrogens is 4. The van der Waals surface area contributed by atoms with Crippen molar-refractivity contribution >= 4 is 5.91 Å². The molecule has 2 aliphatic heterocycles. The van der Waals surface area contributed by atoms with Crippen LogP contribution >= 0.6 is 0 Å². The Kier molecular flexibility index (Phi) is 5.13. The molecule has 8 nitrogen and oxygen atoms in total. The molecule has 0 bridgehead atoms. The SMILES string of the molecule is Cc1cc(C(=O)N2CCC(CC3CC3)(c3noc(C4CCOCC4)n3)CC2)nn1C. The second-order valence-corrected chi connectivity index (χ2v) is 9.36. The topological polar surface area (TPSA) is 86.3 Å². The first-order chi connectivity index (χ1) is 14.5. The maximum Gasteiger partial charge on any atom is 0.274 e. The zero-order valence-corrected chi connectivity index (χ0v) is 18.0. The van der Waals surface area contributed by atoms with Crippen LogP contribution in [-0.4, -0.2) is 57.0 Å². The van der Waals surface area contributed by atoms with Gasteiger partial charge in [0.25, 0.3) is 5.91 Å². The molecule has 0 aromatic carbocycles. The maximum absolute atomic E-state index is 12.9. The van der Waals surface area contributed by atoms with Gasteiger partial charge in [-0.25, -0.2) is 0 Å². The lowest BCUT2D eigenvalue weighted by atomic mass is 9.73. The fraction of sp³-hybridized carbons (Fsp3) is 0.727. The molecule has 2 saturated heterocycles. The average Bonchev–Trinajstić information content (AvgIpc) is 3.31. The fourth-order valence-corrected chi connectivity index (χ4v) is 4.92. The van der Waals surface area contributed by atoms with E-state index >= 15 is 0 Å². The molecule has 3 aliphatic rings. The third-order valence-electron chi connectivity index (χ3n) is 7.20. The summed E-state index contributed by atoms with van der Waals surface area (Å²) in [5.74, 6) is 2.72. The van der Waals surface area contributed by atoms with Crippen LogP contribution in [0.2, 0.25) is 0 Å². The van der Waals surface area contributed by atoms with Gasteiger partial charge in [0, 0.05) is 50.4 Å². The van der Waals surface area contributed by atoms with E-state index in [0.29, 0.717) is 24.7 Å². The first kappa shape index (κ1) is 19.7. The van der Waals surface area contributed by atoms with E-state index in [2.05, 4.69) is 10.3 Å². The Morgan fingerprint density at radius 3 is 2.57 bits per heavy atom. The summed E-state index contributed by atoms with van der Waals surface area (Å²) in [5, 5.41) is 8.83. The molecule has 5 rings (SSSR count). The van der Waals surface area contributed by atoms with Crippen LogP contribution < -0.4 is 0 Å². The number of hydrogen-bond donors (Lipinski definition) is 0. The van der Waals surface area contributed by atoms with Gasteiger partial charge in [-0.2, -0.15) is 10.1 Å². The molecular formula is C22H31N5O3. The van der Waals surface area contributed by atoms with Gasteiger partial charge in [0.2, 0.25) is 5.89 Å². The molecule has 0 unspecified atom stereocenters. The van der Waals surface area contributed by atoms with Crippen LogP contribution in [0, 0.1) is 12.8 Å². The Bertz CT molecular complexity index is 882. The summed E-state index contributed by atoms with van der Waals surface area (Å²) in [4.78, 5) is 19.8. The van der Waals surface area contributed by atoms with E-state index in [1.54, 1.807) is 4.68 Å². The second kappa shape index (κ2) is 7.80. The molecule has 30 heavy (non-hydrogen) atoms. The Balaban J connectivity index is 1.32. The summed E-state index contributed by atoms with van der Waals surface area (Å²) >= 11 is 0. The third-order valence-corrected chi connectivity index (χ3v) is 7.20. The van der Waals surface area contributed by atoms with Gasteiger partial charge in [-0.05, 0) is 51.0 Å². The van der Waals surface area contributed by atoms with Crippen LogP contribution in [0.3, 0.4) is 0 Å². The number of ether oxygens (including phenoxy) is 1. The number of aryl methyl sites for hydroxylation is 2. The van der Waals surface area contributed by atoms with Gasteiger partial charge in [0.15, 0.2) is 11.5 Å². The largest absolute Gasteiger partial charge is 0.381 e. The highest BCUT2D eigenvalue weighted by molar-refractivity contribution is 5.92. The number of hydrogen-bond acceptors (Lipinski definition) is 6. The predicted octanol–water partition coefficient (Wildman–Crippen LogP) is 2.98. The van der Waals surface area contributed by atoms with E-state index in [0.717, 1.165) is 68.6 Å². The monoisotopic (exact) mass is 413 g/mol. The molecule has 0 atom stereocenters. The summed E-state index contributed by atoms with van der Waals surface area (Å²) in [6.07, 6.45) is 7.35. The highest BCUT2D eigenvalue weighted by Crippen LogP contribution is 2.47. The summed E-state index contributed by atoms with van der Waals surface area (Å²) in [6, 6.07) is 1.87. The highest BCUT2D eigenvalue weighted by Gasteiger charge is 2.45. The molecule has 4 heterocycles. The van der Waals surface area contributed by atoms with Crippen molar-refractivity contribution in [2.24, 2.45) is 13.0 Å². The van der Waals surface area contributed by atoms with Crippen LogP contribution in [0.25, 0.3) is 0 Å². The van der Waals surface area contributed by atoms with Crippen LogP contribution in [-0.2, 0) is 17.2 Å². The molecule has 0 N–H and O–H groups in total. The van der Waals surface area contributed by atoms with Crippen molar-refractivity contribution in [1.29, 1.82) is 0 Å². The van der Waals surface area contributed by atoms with Gasteiger partial charge >= 0.3 is 0 Å². The van der Waals surface area contributed by atoms with E-state index in [4.69, 9.17) is 14.2 Å².